The van der Waals surface area contributed by atoms with Gasteiger partial charge < -0.3 is 0 Å². The van der Waals surface area contributed by atoms with E-state index in [9.17, 15) is 9.59 Å². The molecule has 0 radical (unpaired) electrons. The highest BCUT2D eigenvalue weighted by Gasteiger charge is 2.59. The molecule has 0 aromatic carbocycles. The summed E-state index contributed by atoms with van der Waals surface area (Å²) in [5.74, 6) is 3.40. The van der Waals surface area contributed by atoms with E-state index in [0.29, 0.717) is 23.9 Å². The molecule has 0 N–H and O–H groups in total. The maximum Gasteiger partial charge on any atom is 0.155 e. The van der Waals surface area contributed by atoms with E-state index in [1.165, 1.54) is 31.3 Å². The van der Waals surface area contributed by atoms with E-state index in [4.69, 9.17) is 0 Å². The molecule has 6 atom stereocenters. The number of allylic oxidation sites excluding steroid dienone is 1. The summed E-state index contributed by atoms with van der Waals surface area (Å²) in [5.41, 5.74) is 1.95. The van der Waals surface area contributed by atoms with Gasteiger partial charge in [0.05, 0.1) is 0 Å². The van der Waals surface area contributed by atoms with Crippen LogP contribution in [-0.4, -0.2) is 11.6 Å². The topological polar surface area (TPSA) is 34.1 Å². The van der Waals surface area contributed by atoms with E-state index in [0.717, 1.165) is 43.4 Å². The number of ketones is 2. The van der Waals surface area contributed by atoms with Gasteiger partial charge in [-0.1, -0.05) is 26.3 Å². The summed E-state index contributed by atoms with van der Waals surface area (Å²) >= 11 is 0. The third-order valence-corrected chi connectivity index (χ3v) is 8.70. The highest BCUT2D eigenvalue weighted by atomic mass is 16.1. The molecule has 3 fully saturated rings. The molecule has 0 aromatic heterocycles. The van der Waals surface area contributed by atoms with Crippen molar-refractivity contribution in [2.75, 3.05) is 0 Å². The van der Waals surface area contributed by atoms with Gasteiger partial charge in [-0.3, -0.25) is 9.59 Å². The molecule has 0 heterocycles. The fourth-order valence-corrected chi connectivity index (χ4v) is 7.33. The Balaban J connectivity index is 1.65. The Bertz CT molecular complexity index is 603. The number of Topliss-reactive ketones (excluding diaryl/α,β-unsaturated/α-hetero) is 1. The van der Waals surface area contributed by atoms with Gasteiger partial charge in [-0.2, -0.15) is 0 Å². The molecule has 0 aliphatic heterocycles. The highest BCUT2D eigenvalue weighted by Crippen LogP contribution is 2.66. The molecule has 4 aliphatic rings. The molecule has 0 spiro atoms. The predicted molar refractivity (Wildman–Crippen MR) is 95.5 cm³/mol. The Hall–Kier alpha value is -0.920. The number of carbonyl (C=O) groups excluding carboxylic acids is 2. The third-order valence-electron chi connectivity index (χ3n) is 8.70. The van der Waals surface area contributed by atoms with Crippen LogP contribution in [0.2, 0.25) is 0 Å². The van der Waals surface area contributed by atoms with Crippen molar-refractivity contribution < 1.29 is 9.59 Å². The van der Waals surface area contributed by atoms with Crippen LogP contribution < -0.4 is 0 Å². The number of rotatable bonds is 2. The summed E-state index contributed by atoms with van der Waals surface area (Å²) in [6, 6.07) is 0. The van der Waals surface area contributed by atoms with E-state index >= 15 is 0 Å². The maximum atomic E-state index is 12.5. The largest absolute Gasteiger partial charge is 0.299 e. The first-order chi connectivity index (χ1) is 11.4. The second kappa shape index (κ2) is 5.54. The van der Waals surface area contributed by atoms with Gasteiger partial charge in [-0.25, -0.2) is 0 Å². The summed E-state index contributed by atoms with van der Waals surface area (Å²) < 4.78 is 0. The van der Waals surface area contributed by atoms with E-state index in [2.05, 4.69) is 13.8 Å². The van der Waals surface area contributed by atoms with Crippen LogP contribution in [-0.2, 0) is 9.59 Å². The van der Waals surface area contributed by atoms with E-state index in [-0.39, 0.29) is 10.8 Å². The summed E-state index contributed by atoms with van der Waals surface area (Å²) in [6.07, 6.45) is 11.7. The van der Waals surface area contributed by atoms with Crippen LogP contribution in [0.3, 0.4) is 0 Å². The van der Waals surface area contributed by atoms with Crippen LogP contribution in [0.1, 0.15) is 78.6 Å². The van der Waals surface area contributed by atoms with E-state index in [1.807, 2.05) is 13.0 Å². The van der Waals surface area contributed by atoms with Crippen molar-refractivity contribution in [3.8, 4) is 0 Å². The van der Waals surface area contributed by atoms with Crippen molar-refractivity contribution in [3.05, 3.63) is 11.6 Å². The fraction of sp³-hybridized carbons (Fsp3) is 0.818. The minimum Gasteiger partial charge on any atom is -0.299 e. The molecule has 0 saturated heterocycles. The van der Waals surface area contributed by atoms with Crippen LogP contribution in [0.15, 0.2) is 11.6 Å². The Morgan fingerprint density at radius 1 is 1.08 bits per heavy atom. The Kier molecular flexibility index (Phi) is 3.82. The number of fused-ring (bicyclic) bond motifs is 5. The van der Waals surface area contributed by atoms with E-state index in [1.54, 1.807) is 0 Å². The second-order valence-corrected chi connectivity index (χ2v) is 9.46. The van der Waals surface area contributed by atoms with Gasteiger partial charge >= 0.3 is 0 Å². The molecule has 0 bridgehead atoms. The molecule has 0 unspecified atom stereocenters. The smallest absolute Gasteiger partial charge is 0.155 e. The van der Waals surface area contributed by atoms with Crippen LogP contribution in [0.5, 0.6) is 0 Å². The summed E-state index contributed by atoms with van der Waals surface area (Å²) in [6.45, 7) is 6.90. The van der Waals surface area contributed by atoms with Gasteiger partial charge in [-0.05, 0) is 79.6 Å². The van der Waals surface area contributed by atoms with Gasteiger partial charge in [0.2, 0.25) is 0 Å². The maximum absolute atomic E-state index is 12.5. The Morgan fingerprint density at radius 3 is 2.62 bits per heavy atom. The zero-order chi connectivity index (χ0) is 17.1. The highest BCUT2D eigenvalue weighted by molar-refractivity contribution is 5.91. The SMILES string of the molecule is CCC(=O)[C@H]1CC[C@H]2[C@@H]3CCC4=CC(=O)CC[C@]4(C)[C@H]3CC[C@]12C. The molecule has 4 aliphatic carbocycles. The average Bonchev–Trinajstić information content (AvgIpc) is 2.92. The van der Waals surface area contributed by atoms with Gasteiger partial charge in [0, 0.05) is 18.8 Å². The number of hydrogen-bond acceptors (Lipinski definition) is 2. The molecule has 24 heavy (non-hydrogen) atoms. The zero-order valence-corrected chi connectivity index (χ0v) is 15.6. The number of carbonyl (C=O) groups is 2. The second-order valence-electron chi connectivity index (χ2n) is 9.46. The van der Waals surface area contributed by atoms with Crippen molar-refractivity contribution in [1.29, 1.82) is 0 Å². The number of hydrogen-bond donors (Lipinski definition) is 0. The molecule has 132 valence electrons. The standard InChI is InChI=1S/C22H32O2/c1-4-20(24)19-8-7-17-16-6-5-14-13-15(23)9-11-21(14,2)18(16)10-12-22(17,19)3/h13,16-19H,4-12H2,1-3H3/t16-,17-,18-,19+,21-,22-/m0/s1. The molecule has 4 rings (SSSR count). The lowest BCUT2D eigenvalue weighted by atomic mass is 9.46. The van der Waals surface area contributed by atoms with Crippen molar-refractivity contribution in [1.82, 2.24) is 0 Å². The monoisotopic (exact) mass is 328 g/mol. The first-order valence-corrected chi connectivity index (χ1v) is 10.2. The summed E-state index contributed by atoms with van der Waals surface area (Å²) in [7, 11) is 0. The summed E-state index contributed by atoms with van der Waals surface area (Å²) in [4.78, 5) is 24.4. The van der Waals surface area contributed by atoms with Crippen molar-refractivity contribution in [2.24, 2.45) is 34.5 Å². The van der Waals surface area contributed by atoms with Crippen molar-refractivity contribution in [3.63, 3.8) is 0 Å². The van der Waals surface area contributed by atoms with Crippen molar-refractivity contribution in [2.45, 2.75) is 78.6 Å². The van der Waals surface area contributed by atoms with Gasteiger partial charge in [-0.15, -0.1) is 0 Å². The van der Waals surface area contributed by atoms with Gasteiger partial charge in [0.25, 0.3) is 0 Å². The van der Waals surface area contributed by atoms with Crippen molar-refractivity contribution >= 4 is 11.6 Å². The van der Waals surface area contributed by atoms with Gasteiger partial charge in [0.1, 0.15) is 5.78 Å². The van der Waals surface area contributed by atoms with Crippen LogP contribution in [0, 0.1) is 34.5 Å². The van der Waals surface area contributed by atoms with E-state index < -0.39 is 0 Å². The molecular formula is C22H32O2. The Labute approximate surface area is 146 Å². The normalized spacial score (nSPS) is 47.5. The first-order valence-electron chi connectivity index (χ1n) is 10.2. The van der Waals surface area contributed by atoms with Gasteiger partial charge in [0.15, 0.2) is 5.78 Å². The van der Waals surface area contributed by atoms with Crippen LogP contribution in [0.25, 0.3) is 0 Å². The third kappa shape index (κ3) is 2.14. The molecule has 0 aromatic rings. The summed E-state index contributed by atoms with van der Waals surface area (Å²) in [5, 5.41) is 0. The predicted octanol–water partition coefficient (Wildman–Crippen LogP) is 5.11. The molecule has 0 amide bonds. The van der Waals surface area contributed by atoms with Crippen LogP contribution >= 0.6 is 0 Å². The van der Waals surface area contributed by atoms with Crippen LogP contribution in [0.4, 0.5) is 0 Å². The fourth-order valence-electron chi connectivity index (χ4n) is 7.33. The minimum absolute atomic E-state index is 0.246. The minimum atomic E-state index is 0.246. The lowest BCUT2D eigenvalue weighted by molar-refractivity contribution is -0.130. The zero-order valence-electron chi connectivity index (χ0n) is 15.6. The molecular weight excluding hydrogens is 296 g/mol. The molecule has 3 saturated carbocycles. The average molecular weight is 328 g/mol. The Morgan fingerprint density at radius 2 is 1.88 bits per heavy atom. The molecule has 2 heteroatoms. The lowest BCUT2D eigenvalue weighted by Gasteiger charge is -2.58. The molecule has 2 nitrogen and oxygen atoms in total. The first kappa shape index (κ1) is 16.5. The quantitative estimate of drug-likeness (QED) is 0.705. The lowest BCUT2D eigenvalue weighted by Crippen LogP contribution is -2.51.